The van der Waals surface area contributed by atoms with Crippen molar-refractivity contribution < 1.29 is 14.5 Å². The van der Waals surface area contributed by atoms with Crippen LogP contribution in [-0.2, 0) is 11.3 Å². The summed E-state index contributed by atoms with van der Waals surface area (Å²) >= 11 is 3.15. The number of carbonyl (C=O) groups excluding carboxylic acids is 2. The predicted molar refractivity (Wildman–Crippen MR) is 74.0 cm³/mol. The maximum Gasteiger partial charge on any atom is 0.325 e. The molecular formula is C12H12BrN3O4. The van der Waals surface area contributed by atoms with E-state index in [2.05, 4.69) is 21.2 Å². The van der Waals surface area contributed by atoms with Crippen LogP contribution in [0.15, 0.2) is 22.7 Å². The molecule has 2 rings (SSSR count). The highest BCUT2D eigenvalue weighted by Gasteiger charge is 2.44. The first-order valence-electron chi connectivity index (χ1n) is 5.80. The van der Waals surface area contributed by atoms with Gasteiger partial charge in [-0.25, -0.2) is 4.79 Å². The molecule has 0 aliphatic carbocycles. The zero-order valence-corrected chi connectivity index (χ0v) is 12.4. The van der Waals surface area contributed by atoms with Crippen molar-refractivity contribution in [1.82, 2.24) is 10.2 Å². The Bertz CT molecular complexity index is 615. The number of urea groups is 1. The molecule has 0 spiro atoms. The van der Waals surface area contributed by atoms with Crippen LogP contribution in [0.25, 0.3) is 0 Å². The summed E-state index contributed by atoms with van der Waals surface area (Å²) in [6.07, 6.45) is 0. The van der Waals surface area contributed by atoms with E-state index in [-0.39, 0.29) is 22.6 Å². The van der Waals surface area contributed by atoms with Gasteiger partial charge in [0.1, 0.15) is 10.0 Å². The summed E-state index contributed by atoms with van der Waals surface area (Å²) in [5, 5.41) is 13.4. The van der Waals surface area contributed by atoms with Crippen LogP contribution in [0.5, 0.6) is 0 Å². The first kappa shape index (κ1) is 14.4. The van der Waals surface area contributed by atoms with E-state index in [9.17, 15) is 19.7 Å². The van der Waals surface area contributed by atoms with Crippen molar-refractivity contribution in [2.24, 2.45) is 0 Å². The molecule has 8 heteroatoms. The lowest BCUT2D eigenvalue weighted by molar-refractivity contribution is -0.385. The molecule has 0 bridgehead atoms. The number of amides is 3. The van der Waals surface area contributed by atoms with E-state index in [1.807, 2.05) is 0 Å². The molecule has 106 valence electrons. The minimum absolute atomic E-state index is 0.0175. The van der Waals surface area contributed by atoms with Gasteiger partial charge in [-0.15, -0.1) is 0 Å². The average Bonchev–Trinajstić information content (AvgIpc) is 2.53. The Morgan fingerprint density at radius 3 is 2.55 bits per heavy atom. The number of imide groups is 1. The molecule has 3 amide bonds. The minimum Gasteiger partial charge on any atom is -0.324 e. The Morgan fingerprint density at radius 1 is 1.40 bits per heavy atom. The lowest BCUT2D eigenvalue weighted by Crippen LogP contribution is -2.40. The quantitative estimate of drug-likeness (QED) is 0.518. The fourth-order valence-electron chi connectivity index (χ4n) is 1.96. The second kappa shape index (κ2) is 4.86. The maximum atomic E-state index is 12.1. The van der Waals surface area contributed by atoms with Crippen molar-refractivity contribution in [2.45, 2.75) is 25.9 Å². The molecule has 7 nitrogen and oxygen atoms in total. The Balaban J connectivity index is 2.32. The van der Waals surface area contributed by atoms with Crippen LogP contribution in [0.2, 0.25) is 0 Å². The van der Waals surface area contributed by atoms with Crippen LogP contribution in [0.3, 0.4) is 0 Å². The highest BCUT2D eigenvalue weighted by molar-refractivity contribution is 9.10. The molecule has 0 saturated carbocycles. The van der Waals surface area contributed by atoms with Crippen molar-refractivity contribution in [3.05, 3.63) is 38.3 Å². The zero-order valence-electron chi connectivity index (χ0n) is 10.8. The number of halogens is 1. The van der Waals surface area contributed by atoms with E-state index in [0.29, 0.717) is 5.56 Å². The van der Waals surface area contributed by atoms with Gasteiger partial charge in [0.2, 0.25) is 0 Å². The van der Waals surface area contributed by atoms with Gasteiger partial charge in [-0.2, -0.15) is 0 Å². The van der Waals surface area contributed by atoms with Crippen LogP contribution in [-0.4, -0.2) is 27.3 Å². The largest absolute Gasteiger partial charge is 0.325 e. The standard InChI is InChI=1S/C12H12BrN3O4/c1-12(2)10(17)15(11(18)14-12)6-7-4-3-5-8(9(7)13)16(19)20/h3-5H,6H2,1-2H3,(H,14,18). The van der Waals surface area contributed by atoms with Crippen molar-refractivity contribution in [1.29, 1.82) is 0 Å². The van der Waals surface area contributed by atoms with Gasteiger partial charge in [-0.1, -0.05) is 12.1 Å². The molecule has 1 aliphatic rings. The number of benzene rings is 1. The Labute approximate surface area is 123 Å². The van der Waals surface area contributed by atoms with Crippen LogP contribution in [0.4, 0.5) is 10.5 Å². The number of nitrogens with zero attached hydrogens (tertiary/aromatic N) is 2. The van der Waals surface area contributed by atoms with E-state index in [1.165, 1.54) is 12.1 Å². The molecular weight excluding hydrogens is 330 g/mol. The second-order valence-corrected chi connectivity index (χ2v) is 5.75. The highest BCUT2D eigenvalue weighted by atomic mass is 79.9. The topological polar surface area (TPSA) is 92.6 Å². The monoisotopic (exact) mass is 341 g/mol. The molecule has 0 aromatic heterocycles. The molecule has 1 aromatic carbocycles. The van der Waals surface area contributed by atoms with Crippen molar-refractivity contribution >= 4 is 33.6 Å². The smallest absolute Gasteiger partial charge is 0.324 e. The summed E-state index contributed by atoms with van der Waals surface area (Å²) in [6, 6.07) is 3.99. The molecule has 20 heavy (non-hydrogen) atoms. The zero-order chi connectivity index (χ0) is 15.1. The molecule has 1 saturated heterocycles. The average molecular weight is 342 g/mol. The van der Waals surface area contributed by atoms with E-state index < -0.39 is 16.5 Å². The maximum absolute atomic E-state index is 12.1. The number of carbonyl (C=O) groups is 2. The Hall–Kier alpha value is -1.96. The summed E-state index contributed by atoms with van der Waals surface area (Å²) in [5.41, 5.74) is -0.557. The third kappa shape index (κ3) is 2.38. The van der Waals surface area contributed by atoms with Crippen LogP contribution >= 0.6 is 15.9 Å². The predicted octanol–water partition coefficient (Wildman–Crippen LogP) is 2.19. The van der Waals surface area contributed by atoms with Crippen molar-refractivity contribution in [3.8, 4) is 0 Å². The summed E-state index contributed by atoms with van der Waals surface area (Å²) in [6.45, 7) is 3.20. The Kier molecular flexibility index (Phi) is 3.51. The summed E-state index contributed by atoms with van der Waals surface area (Å²) in [7, 11) is 0. The third-order valence-electron chi connectivity index (χ3n) is 3.03. The number of rotatable bonds is 3. The van der Waals surface area contributed by atoms with Gasteiger partial charge in [0.15, 0.2) is 0 Å². The lowest BCUT2D eigenvalue weighted by Gasteiger charge is -2.16. The van der Waals surface area contributed by atoms with Crippen molar-refractivity contribution in [2.75, 3.05) is 0 Å². The van der Waals surface area contributed by atoms with Gasteiger partial charge >= 0.3 is 6.03 Å². The summed E-state index contributed by atoms with van der Waals surface area (Å²) in [5.74, 6) is -0.360. The SMILES string of the molecule is CC1(C)NC(=O)N(Cc2cccc([N+](=O)[O-])c2Br)C1=O. The van der Waals surface area contributed by atoms with Gasteiger partial charge in [0.25, 0.3) is 11.6 Å². The van der Waals surface area contributed by atoms with Crippen LogP contribution in [0, 0.1) is 10.1 Å². The molecule has 0 atom stereocenters. The van der Waals surface area contributed by atoms with Crippen molar-refractivity contribution in [3.63, 3.8) is 0 Å². The number of hydrogen-bond acceptors (Lipinski definition) is 4. The number of nitro groups is 1. The molecule has 0 radical (unpaired) electrons. The fraction of sp³-hybridized carbons (Fsp3) is 0.333. The molecule has 1 N–H and O–H groups in total. The van der Waals surface area contributed by atoms with Crippen LogP contribution < -0.4 is 5.32 Å². The minimum atomic E-state index is -0.954. The first-order valence-corrected chi connectivity index (χ1v) is 6.59. The van der Waals surface area contributed by atoms with Gasteiger partial charge in [-0.3, -0.25) is 19.8 Å². The van der Waals surface area contributed by atoms with Crippen LogP contribution in [0.1, 0.15) is 19.4 Å². The molecule has 1 heterocycles. The lowest BCUT2D eigenvalue weighted by atomic mass is 10.1. The van der Waals surface area contributed by atoms with E-state index in [1.54, 1.807) is 19.9 Å². The fourth-order valence-corrected chi connectivity index (χ4v) is 2.50. The van der Waals surface area contributed by atoms with E-state index in [0.717, 1.165) is 4.90 Å². The molecule has 0 unspecified atom stereocenters. The highest BCUT2D eigenvalue weighted by Crippen LogP contribution is 2.30. The molecule has 1 aliphatic heterocycles. The summed E-state index contributed by atoms with van der Waals surface area (Å²) < 4.78 is 0.273. The molecule has 1 fully saturated rings. The normalized spacial score (nSPS) is 17.2. The van der Waals surface area contributed by atoms with Gasteiger partial charge < -0.3 is 5.32 Å². The van der Waals surface area contributed by atoms with Gasteiger partial charge in [-0.05, 0) is 35.3 Å². The third-order valence-corrected chi connectivity index (χ3v) is 3.94. The number of hydrogen-bond donors (Lipinski definition) is 1. The number of nitro benzene ring substituents is 1. The van der Waals surface area contributed by atoms with Gasteiger partial charge in [0, 0.05) is 6.07 Å². The number of nitrogens with one attached hydrogen (secondary N) is 1. The van der Waals surface area contributed by atoms with E-state index in [4.69, 9.17) is 0 Å². The van der Waals surface area contributed by atoms with Gasteiger partial charge in [0.05, 0.1) is 11.5 Å². The first-order chi connectivity index (χ1) is 9.24. The second-order valence-electron chi connectivity index (χ2n) is 4.95. The summed E-state index contributed by atoms with van der Waals surface area (Å²) in [4.78, 5) is 35.2. The Morgan fingerprint density at radius 2 is 2.05 bits per heavy atom. The molecule has 1 aromatic rings. The van der Waals surface area contributed by atoms with E-state index >= 15 is 0 Å².